The number of aliphatic hydroxyl groups excluding tert-OH is 1. The van der Waals surface area contributed by atoms with Crippen molar-refractivity contribution in [2.75, 3.05) is 19.8 Å². The minimum Gasteiger partial charge on any atom is -0.485 e. The zero-order valence-corrected chi connectivity index (χ0v) is 23.8. The molecule has 0 saturated carbocycles. The molecule has 0 aliphatic heterocycles. The molecule has 10 heteroatoms. The molecule has 2 rings (SSSR count). The number of benzene rings is 2. The van der Waals surface area contributed by atoms with Gasteiger partial charge < -0.3 is 38.5 Å². The predicted octanol–water partition coefficient (Wildman–Crippen LogP) is 5.16. The molecule has 2 aromatic rings. The van der Waals surface area contributed by atoms with Crippen molar-refractivity contribution >= 4 is 17.2 Å². The third kappa shape index (κ3) is 9.16. The van der Waals surface area contributed by atoms with Crippen molar-refractivity contribution in [1.82, 2.24) is 0 Å². The summed E-state index contributed by atoms with van der Waals surface area (Å²) in [6, 6.07) is 11.3. The Morgan fingerprint density at radius 1 is 0.718 bits per heavy atom. The molecule has 1 atom stereocenters. The Bertz CT molecular complexity index is 1090. The first-order valence-corrected chi connectivity index (χ1v) is 14.6. The number of ether oxygens (including phenoxy) is 1. The molecule has 0 amide bonds. The summed E-state index contributed by atoms with van der Waals surface area (Å²) in [6.07, 6.45) is 8.23. The molecular weight excluding hydrogens is 538 g/mol. The third-order valence-electron chi connectivity index (χ3n) is 6.30. The Hall–Kier alpha value is -2.22. The lowest BCUT2D eigenvalue weighted by atomic mass is 9.77. The second-order valence-electron chi connectivity index (χ2n) is 8.92. The summed E-state index contributed by atoms with van der Waals surface area (Å²) in [4.78, 5) is 38.4. The van der Waals surface area contributed by atoms with E-state index in [1.54, 1.807) is 30.4 Å². The maximum atomic E-state index is 10.8. The van der Waals surface area contributed by atoms with Gasteiger partial charge in [0.25, 0.3) is 0 Å². The highest BCUT2D eigenvalue weighted by Gasteiger charge is 2.45. The smallest absolute Gasteiger partial charge is 0.327 e. The molecule has 1 unspecified atom stereocenters. The number of hydrogen-bond acceptors (Lipinski definition) is 8. The lowest BCUT2D eigenvalue weighted by Crippen LogP contribution is -2.44. The van der Waals surface area contributed by atoms with Gasteiger partial charge in [0.1, 0.15) is 11.9 Å². The van der Waals surface area contributed by atoms with Crippen LogP contribution in [0, 0.1) is 5.41 Å². The van der Waals surface area contributed by atoms with Crippen molar-refractivity contribution in [3.8, 4) is 5.75 Å². The SMILES string of the molecule is C=CCc1cccc(OC(c2cccc(CC=C)c2CC=C)C(CO)(COP(O)O)COP(O)O)c1CC=C. The van der Waals surface area contributed by atoms with Gasteiger partial charge in [0.2, 0.25) is 0 Å². The summed E-state index contributed by atoms with van der Waals surface area (Å²) in [6.45, 7) is 14.0. The van der Waals surface area contributed by atoms with Crippen LogP contribution >= 0.6 is 17.2 Å². The molecule has 39 heavy (non-hydrogen) atoms. The average Bonchev–Trinajstić information content (AvgIpc) is 2.91. The highest BCUT2D eigenvalue weighted by molar-refractivity contribution is 7.39. The van der Waals surface area contributed by atoms with Gasteiger partial charge in [-0.2, -0.15) is 0 Å². The van der Waals surface area contributed by atoms with Crippen LogP contribution in [0.3, 0.4) is 0 Å². The van der Waals surface area contributed by atoms with Crippen LogP contribution in [0.1, 0.15) is 33.9 Å². The van der Waals surface area contributed by atoms with Crippen LogP contribution in [0.5, 0.6) is 5.75 Å². The van der Waals surface area contributed by atoms with Crippen LogP contribution in [0.15, 0.2) is 87.0 Å². The Morgan fingerprint density at radius 2 is 1.21 bits per heavy atom. The predicted molar refractivity (Wildman–Crippen MR) is 156 cm³/mol. The summed E-state index contributed by atoms with van der Waals surface area (Å²) in [5, 5.41) is 10.8. The fraction of sp³-hybridized carbons (Fsp3) is 0.310. The second kappa shape index (κ2) is 16.8. The molecule has 0 bridgehead atoms. The monoisotopic (exact) mass is 576 g/mol. The van der Waals surface area contributed by atoms with Gasteiger partial charge >= 0.3 is 17.2 Å². The summed E-state index contributed by atoms with van der Waals surface area (Å²) >= 11 is 0. The van der Waals surface area contributed by atoms with Crippen LogP contribution in [0.25, 0.3) is 0 Å². The van der Waals surface area contributed by atoms with E-state index >= 15 is 0 Å². The molecular formula is C29H38O8P2. The summed E-state index contributed by atoms with van der Waals surface area (Å²) in [7, 11) is -5.59. The molecule has 0 aromatic heterocycles. The molecule has 0 aliphatic carbocycles. The summed E-state index contributed by atoms with van der Waals surface area (Å²) in [5.74, 6) is 0.515. The van der Waals surface area contributed by atoms with E-state index in [9.17, 15) is 24.7 Å². The fourth-order valence-electron chi connectivity index (χ4n) is 4.47. The molecule has 0 saturated heterocycles. The van der Waals surface area contributed by atoms with E-state index in [1.807, 2.05) is 30.3 Å². The second-order valence-corrected chi connectivity index (χ2v) is 10.4. The fourth-order valence-corrected chi connectivity index (χ4v) is 5.21. The van der Waals surface area contributed by atoms with Gasteiger partial charge in [-0.1, -0.05) is 54.6 Å². The van der Waals surface area contributed by atoms with Gasteiger partial charge in [0.15, 0.2) is 0 Å². The Kier molecular flexibility index (Phi) is 14.2. The Morgan fingerprint density at radius 3 is 1.69 bits per heavy atom. The molecule has 5 N–H and O–H groups in total. The van der Waals surface area contributed by atoms with E-state index in [4.69, 9.17) is 13.8 Å². The van der Waals surface area contributed by atoms with Crippen molar-refractivity contribution in [2.45, 2.75) is 31.8 Å². The van der Waals surface area contributed by atoms with E-state index in [0.717, 1.165) is 22.3 Å². The van der Waals surface area contributed by atoms with Crippen LogP contribution in [-0.4, -0.2) is 44.5 Å². The highest BCUT2D eigenvalue weighted by atomic mass is 31.2. The van der Waals surface area contributed by atoms with E-state index < -0.39 is 48.5 Å². The Labute approximate surface area is 233 Å². The number of allylic oxidation sites excluding steroid dienone is 4. The minimum absolute atomic E-state index is 0.418. The van der Waals surface area contributed by atoms with Crippen LogP contribution in [0.4, 0.5) is 0 Å². The molecule has 212 valence electrons. The first-order chi connectivity index (χ1) is 18.8. The maximum Gasteiger partial charge on any atom is 0.327 e. The zero-order chi connectivity index (χ0) is 28.8. The van der Waals surface area contributed by atoms with Crippen LogP contribution in [-0.2, 0) is 34.7 Å². The van der Waals surface area contributed by atoms with Gasteiger partial charge in [-0.25, -0.2) is 0 Å². The molecule has 0 spiro atoms. The quantitative estimate of drug-likeness (QED) is 0.115. The van der Waals surface area contributed by atoms with Gasteiger partial charge in [0.05, 0.1) is 25.2 Å². The van der Waals surface area contributed by atoms with Gasteiger partial charge in [-0.3, -0.25) is 0 Å². The molecule has 8 nitrogen and oxygen atoms in total. The van der Waals surface area contributed by atoms with Crippen molar-refractivity contribution in [3.63, 3.8) is 0 Å². The van der Waals surface area contributed by atoms with Crippen molar-refractivity contribution < 1.29 is 38.5 Å². The average molecular weight is 577 g/mol. The van der Waals surface area contributed by atoms with Crippen LogP contribution < -0.4 is 4.74 Å². The summed E-state index contributed by atoms with van der Waals surface area (Å²) in [5.41, 5.74) is 2.90. The first-order valence-electron chi connectivity index (χ1n) is 12.3. The third-order valence-corrected chi connectivity index (χ3v) is 7.02. The number of aliphatic hydroxyl groups is 1. The number of rotatable bonds is 19. The summed E-state index contributed by atoms with van der Waals surface area (Å²) < 4.78 is 17.2. The van der Waals surface area contributed by atoms with Crippen molar-refractivity contribution in [3.05, 3.63) is 115 Å². The first kappa shape index (κ1) is 33.0. The minimum atomic E-state index is -2.79. The number of hydrogen-bond donors (Lipinski definition) is 5. The van der Waals surface area contributed by atoms with Gasteiger partial charge in [-0.15, -0.1) is 26.3 Å². The largest absolute Gasteiger partial charge is 0.485 e. The Balaban J connectivity index is 2.86. The van der Waals surface area contributed by atoms with E-state index in [2.05, 4.69) is 26.3 Å². The van der Waals surface area contributed by atoms with Crippen molar-refractivity contribution in [2.24, 2.45) is 5.41 Å². The zero-order valence-electron chi connectivity index (χ0n) is 22.0. The maximum absolute atomic E-state index is 10.8. The molecule has 0 radical (unpaired) electrons. The van der Waals surface area contributed by atoms with E-state index in [1.165, 1.54) is 0 Å². The van der Waals surface area contributed by atoms with Crippen molar-refractivity contribution in [1.29, 1.82) is 0 Å². The lowest BCUT2D eigenvalue weighted by Gasteiger charge is -2.40. The lowest BCUT2D eigenvalue weighted by molar-refractivity contribution is -0.0659. The highest BCUT2D eigenvalue weighted by Crippen LogP contribution is 2.45. The normalized spacial score (nSPS) is 12.4. The van der Waals surface area contributed by atoms with E-state index in [-0.39, 0.29) is 0 Å². The topological polar surface area (TPSA) is 129 Å². The molecule has 2 aromatic carbocycles. The van der Waals surface area contributed by atoms with Gasteiger partial charge in [-0.05, 0) is 54.0 Å². The molecule has 0 aliphatic rings. The van der Waals surface area contributed by atoms with Gasteiger partial charge in [0, 0.05) is 5.56 Å². The standard InChI is InChI=1S/C29H38O8P2/c1-5-11-22-15-9-17-26(24(22)13-7-3)28(29(19-30,20-35-38(31)32)21-36-39(33)34)37-27-18-10-16-23(12-6-2)25(27)14-8-4/h5-10,15-18,28,30-34H,1-4,11-14,19-21H2. The molecule has 0 heterocycles. The van der Waals surface area contributed by atoms with Crippen LogP contribution in [0.2, 0.25) is 0 Å². The molecule has 0 fully saturated rings. The van der Waals surface area contributed by atoms with E-state index in [0.29, 0.717) is 37.0 Å².